The van der Waals surface area contributed by atoms with Gasteiger partial charge in [0.05, 0.1) is 18.4 Å². The summed E-state index contributed by atoms with van der Waals surface area (Å²) in [4.78, 5) is 0. The lowest BCUT2D eigenvalue weighted by Crippen LogP contribution is -2.09. The fourth-order valence-electron chi connectivity index (χ4n) is 0.826. The van der Waals surface area contributed by atoms with E-state index in [4.69, 9.17) is 5.73 Å². The normalized spacial score (nSPS) is 10.0. The molecule has 0 radical (unpaired) electrons. The molecule has 11 heavy (non-hydrogen) atoms. The first-order valence-corrected chi connectivity index (χ1v) is 3.46. The van der Waals surface area contributed by atoms with Crippen LogP contribution in [0.25, 0.3) is 0 Å². The number of nitrogens with two attached hydrogens (primary N) is 1. The molecule has 1 aromatic rings. The minimum Gasteiger partial charge on any atom is -0.325 e. The Balaban J connectivity index is 2.76. The second-order valence-electron chi connectivity index (χ2n) is 2.54. The lowest BCUT2D eigenvalue weighted by atomic mass is 10.3. The maximum absolute atomic E-state index is 5.44. The first kappa shape index (κ1) is 7.94. The molecule has 0 aliphatic heterocycles. The molecule has 0 spiro atoms. The molecular formula is C7H12N4. The molecule has 0 aromatic carbocycles. The van der Waals surface area contributed by atoms with E-state index >= 15 is 0 Å². The van der Waals surface area contributed by atoms with E-state index < -0.39 is 0 Å². The predicted octanol–water partition coefficient (Wildman–Crippen LogP) is 0.313. The van der Waals surface area contributed by atoms with Gasteiger partial charge in [-0.05, 0) is 6.92 Å². The molecule has 0 aliphatic rings. The van der Waals surface area contributed by atoms with Gasteiger partial charge in [-0.1, -0.05) is 17.4 Å². The quantitative estimate of drug-likeness (QED) is 0.634. The summed E-state index contributed by atoms with van der Waals surface area (Å²) in [5, 5.41) is 7.59. The van der Waals surface area contributed by atoms with Gasteiger partial charge in [0, 0.05) is 6.54 Å². The topological polar surface area (TPSA) is 56.7 Å². The third kappa shape index (κ3) is 1.88. The highest BCUT2D eigenvalue weighted by atomic mass is 15.4. The van der Waals surface area contributed by atoms with Crippen LogP contribution >= 0.6 is 0 Å². The van der Waals surface area contributed by atoms with Crippen molar-refractivity contribution in [1.29, 1.82) is 0 Å². The maximum atomic E-state index is 5.44. The lowest BCUT2D eigenvalue weighted by Gasteiger charge is -2.02. The zero-order valence-electron chi connectivity index (χ0n) is 6.62. The SMILES string of the molecule is C=C(C)Cn1nncc1CN. The number of allylic oxidation sites excluding steroid dienone is 1. The van der Waals surface area contributed by atoms with Crippen LogP contribution in [0.3, 0.4) is 0 Å². The highest BCUT2D eigenvalue weighted by molar-refractivity contribution is 4.97. The van der Waals surface area contributed by atoms with Crippen LogP contribution in [-0.4, -0.2) is 15.0 Å². The van der Waals surface area contributed by atoms with Crippen LogP contribution < -0.4 is 5.73 Å². The Morgan fingerprint density at radius 3 is 3.09 bits per heavy atom. The monoisotopic (exact) mass is 152 g/mol. The highest BCUT2D eigenvalue weighted by Crippen LogP contribution is 1.98. The van der Waals surface area contributed by atoms with Crippen LogP contribution in [0.2, 0.25) is 0 Å². The highest BCUT2D eigenvalue weighted by Gasteiger charge is 1.99. The van der Waals surface area contributed by atoms with Crippen molar-refractivity contribution < 1.29 is 0 Å². The van der Waals surface area contributed by atoms with Crippen molar-refractivity contribution in [3.8, 4) is 0 Å². The van der Waals surface area contributed by atoms with Crippen LogP contribution in [0, 0.1) is 0 Å². The number of hydrogen-bond acceptors (Lipinski definition) is 3. The second-order valence-corrected chi connectivity index (χ2v) is 2.54. The minimum atomic E-state index is 0.472. The molecule has 0 amide bonds. The summed E-state index contributed by atoms with van der Waals surface area (Å²) in [5.74, 6) is 0. The molecule has 0 bridgehead atoms. The minimum absolute atomic E-state index is 0.472. The Morgan fingerprint density at radius 1 is 1.82 bits per heavy atom. The Hall–Kier alpha value is -1.16. The van der Waals surface area contributed by atoms with E-state index in [2.05, 4.69) is 16.9 Å². The van der Waals surface area contributed by atoms with Gasteiger partial charge in [0.1, 0.15) is 0 Å². The fourth-order valence-corrected chi connectivity index (χ4v) is 0.826. The van der Waals surface area contributed by atoms with Gasteiger partial charge < -0.3 is 5.73 Å². The van der Waals surface area contributed by atoms with Gasteiger partial charge in [0.2, 0.25) is 0 Å². The molecule has 60 valence electrons. The van der Waals surface area contributed by atoms with Gasteiger partial charge >= 0.3 is 0 Å². The molecule has 0 aliphatic carbocycles. The summed E-state index contributed by atoms with van der Waals surface area (Å²) in [5.41, 5.74) is 7.42. The molecule has 0 saturated heterocycles. The van der Waals surface area contributed by atoms with Gasteiger partial charge in [0.25, 0.3) is 0 Å². The molecule has 0 atom stereocenters. The van der Waals surface area contributed by atoms with Crippen LogP contribution in [0.1, 0.15) is 12.6 Å². The molecule has 4 heteroatoms. The Bertz CT molecular complexity index is 251. The molecule has 1 aromatic heterocycles. The molecule has 1 rings (SSSR count). The number of rotatable bonds is 3. The van der Waals surface area contributed by atoms with Gasteiger partial charge in [-0.3, -0.25) is 0 Å². The molecule has 2 N–H and O–H groups in total. The first-order valence-electron chi connectivity index (χ1n) is 3.46. The van der Waals surface area contributed by atoms with Gasteiger partial charge in [-0.25, -0.2) is 4.68 Å². The van der Waals surface area contributed by atoms with Crippen molar-refractivity contribution in [2.45, 2.75) is 20.0 Å². The lowest BCUT2D eigenvalue weighted by molar-refractivity contribution is 0.613. The summed E-state index contributed by atoms with van der Waals surface area (Å²) >= 11 is 0. The number of nitrogens with zero attached hydrogens (tertiary/aromatic N) is 3. The van der Waals surface area contributed by atoms with Crippen molar-refractivity contribution in [2.75, 3.05) is 0 Å². The fraction of sp³-hybridized carbons (Fsp3) is 0.429. The van der Waals surface area contributed by atoms with Gasteiger partial charge in [0.15, 0.2) is 0 Å². The van der Waals surface area contributed by atoms with Crippen molar-refractivity contribution in [1.82, 2.24) is 15.0 Å². The smallest absolute Gasteiger partial charge is 0.0738 e. The van der Waals surface area contributed by atoms with Crippen molar-refractivity contribution in [2.24, 2.45) is 5.73 Å². The third-order valence-corrected chi connectivity index (χ3v) is 1.33. The standard InChI is InChI=1S/C7H12N4/c1-6(2)5-11-7(3-8)4-9-10-11/h4H,1,3,5,8H2,2H3. The zero-order chi connectivity index (χ0) is 8.27. The summed E-state index contributed by atoms with van der Waals surface area (Å²) < 4.78 is 1.75. The summed E-state index contributed by atoms with van der Waals surface area (Å²) in [7, 11) is 0. The largest absolute Gasteiger partial charge is 0.325 e. The van der Waals surface area contributed by atoms with E-state index in [1.165, 1.54) is 0 Å². The Morgan fingerprint density at radius 2 is 2.55 bits per heavy atom. The maximum Gasteiger partial charge on any atom is 0.0738 e. The third-order valence-electron chi connectivity index (χ3n) is 1.33. The van der Waals surface area contributed by atoms with Crippen LogP contribution in [0.15, 0.2) is 18.3 Å². The van der Waals surface area contributed by atoms with Crippen molar-refractivity contribution in [3.05, 3.63) is 24.0 Å². The van der Waals surface area contributed by atoms with Gasteiger partial charge in [-0.2, -0.15) is 0 Å². The van der Waals surface area contributed by atoms with E-state index in [0.717, 1.165) is 11.3 Å². The molecular weight excluding hydrogens is 140 g/mol. The molecule has 0 unspecified atom stereocenters. The average molecular weight is 152 g/mol. The van der Waals surface area contributed by atoms with Crippen LogP contribution in [0.5, 0.6) is 0 Å². The molecule has 4 nitrogen and oxygen atoms in total. The van der Waals surface area contributed by atoms with E-state index in [1.54, 1.807) is 10.9 Å². The summed E-state index contributed by atoms with van der Waals surface area (Å²) in [6.07, 6.45) is 1.67. The second kappa shape index (κ2) is 3.30. The predicted molar refractivity (Wildman–Crippen MR) is 42.7 cm³/mol. The Labute approximate surface area is 65.7 Å². The number of aromatic nitrogens is 3. The van der Waals surface area contributed by atoms with E-state index in [0.29, 0.717) is 13.1 Å². The number of hydrogen-bond donors (Lipinski definition) is 1. The summed E-state index contributed by atoms with van der Waals surface area (Å²) in [6, 6.07) is 0. The van der Waals surface area contributed by atoms with E-state index in [1.807, 2.05) is 6.92 Å². The van der Waals surface area contributed by atoms with E-state index in [-0.39, 0.29) is 0 Å². The molecule has 0 saturated carbocycles. The molecule has 1 heterocycles. The van der Waals surface area contributed by atoms with Crippen molar-refractivity contribution >= 4 is 0 Å². The zero-order valence-corrected chi connectivity index (χ0v) is 6.62. The molecule has 0 fully saturated rings. The van der Waals surface area contributed by atoms with Crippen molar-refractivity contribution in [3.63, 3.8) is 0 Å². The summed E-state index contributed by atoms with van der Waals surface area (Å²) in [6.45, 7) is 6.90. The Kier molecular flexibility index (Phi) is 2.38. The van der Waals surface area contributed by atoms with Gasteiger partial charge in [-0.15, -0.1) is 5.10 Å². The van der Waals surface area contributed by atoms with Crippen LogP contribution in [0.4, 0.5) is 0 Å². The van der Waals surface area contributed by atoms with Crippen LogP contribution in [-0.2, 0) is 13.1 Å². The van der Waals surface area contributed by atoms with E-state index in [9.17, 15) is 0 Å². The first-order chi connectivity index (χ1) is 5.24. The average Bonchev–Trinajstić information content (AvgIpc) is 2.34.